The van der Waals surface area contributed by atoms with Gasteiger partial charge in [0.15, 0.2) is 5.65 Å². The van der Waals surface area contributed by atoms with E-state index in [-0.39, 0.29) is 0 Å². The number of nitrogens with zero attached hydrogens (tertiary/aromatic N) is 3. The number of aldehydes is 1. The van der Waals surface area contributed by atoms with Crippen LogP contribution in [0.25, 0.3) is 5.65 Å². The third kappa shape index (κ3) is 3.31. The molecule has 0 saturated carbocycles. The Morgan fingerprint density at radius 2 is 2.25 bits per heavy atom. The molecule has 1 amide bonds. The molecule has 2 rings (SSSR count). The van der Waals surface area contributed by atoms with Crippen molar-refractivity contribution in [3.8, 4) is 0 Å². The molecule has 1 atom stereocenters. The largest absolute Gasteiger partial charge is 0.444 e. The second-order valence-electron chi connectivity index (χ2n) is 5.25. The van der Waals surface area contributed by atoms with Gasteiger partial charge in [-0.25, -0.2) is 14.3 Å². The molecule has 0 aliphatic rings. The van der Waals surface area contributed by atoms with Crippen LogP contribution >= 0.6 is 0 Å². The van der Waals surface area contributed by atoms with Gasteiger partial charge in [-0.05, 0) is 26.8 Å². The van der Waals surface area contributed by atoms with Crippen molar-refractivity contribution in [1.82, 2.24) is 19.9 Å². The van der Waals surface area contributed by atoms with E-state index in [1.54, 1.807) is 45.3 Å². The maximum absolute atomic E-state index is 11.7. The topological polar surface area (TPSA) is 85.6 Å². The van der Waals surface area contributed by atoms with E-state index in [4.69, 9.17) is 4.74 Å². The average molecular weight is 276 g/mol. The standard InChI is InChI=1S/C13H16N4O3/c1-13(2,3)20-12(19)15-10(8-18)9-7-11-14-5-4-6-17(11)16-9/h4-8,10H,1-3H3,(H,15,19). The highest BCUT2D eigenvalue weighted by atomic mass is 16.6. The van der Waals surface area contributed by atoms with Crippen molar-refractivity contribution in [1.29, 1.82) is 0 Å². The molecule has 2 aromatic rings. The lowest BCUT2D eigenvalue weighted by molar-refractivity contribution is -0.109. The zero-order valence-corrected chi connectivity index (χ0v) is 11.5. The Balaban J connectivity index is 2.15. The molecule has 0 bridgehead atoms. The van der Waals surface area contributed by atoms with E-state index in [0.717, 1.165) is 0 Å². The van der Waals surface area contributed by atoms with E-state index in [0.29, 0.717) is 17.6 Å². The number of aromatic nitrogens is 3. The van der Waals surface area contributed by atoms with Gasteiger partial charge in [-0.2, -0.15) is 5.10 Å². The van der Waals surface area contributed by atoms with Gasteiger partial charge in [0, 0.05) is 18.5 Å². The minimum Gasteiger partial charge on any atom is -0.444 e. The van der Waals surface area contributed by atoms with Crippen LogP contribution in [0.1, 0.15) is 32.5 Å². The summed E-state index contributed by atoms with van der Waals surface area (Å²) >= 11 is 0. The highest BCUT2D eigenvalue weighted by molar-refractivity contribution is 5.74. The number of nitrogens with one attached hydrogen (secondary N) is 1. The van der Waals surface area contributed by atoms with Crippen molar-refractivity contribution in [2.75, 3.05) is 0 Å². The van der Waals surface area contributed by atoms with Crippen molar-refractivity contribution in [2.24, 2.45) is 0 Å². The van der Waals surface area contributed by atoms with Crippen molar-refractivity contribution in [3.63, 3.8) is 0 Å². The maximum atomic E-state index is 11.7. The van der Waals surface area contributed by atoms with Gasteiger partial charge >= 0.3 is 6.09 Å². The Kier molecular flexibility index (Phi) is 3.69. The van der Waals surface area contributed by atoms with Gasteiger partial charge in [-0.15, -0.1) is 0 Å². The molecular formula is C13H16N4O3. The second-order valence-corrected chi connectivity index (χ2v) is 5.25. The molecule has 0 aliphatic heterocycles. The number of hydrogen-bond acceptors (Lipinski definition) is 5. The van der Waals surface area contributed by atoms with Gasteiger partial charge in [-0.1, -0.05) is 0 Å². The first-order valence-electron chi connectivity index (χ1n) is 6.14. The SMILES string of the molecule is CC(C)(C)OC(=O)NC(C=O)c1cc2ncccn2n1. The van der Waals surface area contributed by atoms with Crippen molar-refractivity contribution >= 4 is 18.0 Å². The normalized spacial score (nSPS) is 12.9. The van der Waals surface area contributed by atoms with Gasteiger partial charge in [0.2, 0.25) is 0 Å². The average Bonchev–Trinajstić information content (AvgIpc) is 2.77. The summed E-state index contributed by atoms with van der Waals surface area (Å²) in [6.07, 6.45) is 3.27. The third-order valence-corrected chi connectivity index (χ3v) is 2.38. The van der Waals surface area contributed by atoms with Gasteiger partial charge in [0.05, 0.1) is 5.69 Å². The van der Waals surface area contributed by atoms with Crippen molar-refractivity contribution < 1.29 is 14.3 Å². The first-order chi connectivity index (χ1) is 9.39. The Morgan fingerprint density at radius 3 is 2.85 bits per heavy atom. The van der Waals surface area contributed by atoms with E-state index >= 15 is 0 Å². The second kappa shape index (κ2) is 5.28. The Labute approximate surface area is 115 Å². The van der Waals surface area contributed by atoms with E-state index < -0.39 is 17.7 Å². The molecule has 106 valence electrons. The van der Waals surface area contributed by atoms with Crippen LogP contribution < -0.4 is 5.32 Å². The van der Waals surface area contributed by atoms with Crippen LogP contribution in [0.3, 0.4) is 0 Å². The number of fused-ring (bicyclic) bond motifs is 1. The van der Waals surface area contributed by atoms with Crippen molar-refractivity contribution in [3.05, 3.63) is 30.2 Å². The molecule has 1 unspecified atom stereocenters. The zero-order valence-electron chi connectivity index (χ0n) is 11.5. The lowest BCUT2D eigenvalue weighted by Gasteiger charge is -2.20. The van der Waals surface area contributed by atoms with Gasteiger partial charge in [-0.3, -0.25) is 0 Å². The van der Waals surface area contributed by atoms with Crippen LogP contribution in [0, 0.1) is 0 Å². The van der Waals surface area contributed by atoms with Gasteiger partial charge < -0.3 is 14.8 Å². The molecule has 7 nitrogen and oxygen atoms in total. The lowest BCUT2D eigenvalue weighted by Crippen LogP contribution is -2.35. The number of hydrogen-bond donors (Lipinski definition) is 1. The Morgan fingerprint density at radius 1 is 1.50 bits per heavy atom. The molecule has 7 heteroatoms. The monoisotopic (exact) mass is 276 g/mol. The summed E-state index contributed by atoms with van der Waals surface area (Å²) in [4.78, 5) is 26.9. The summed E-state index contributed by atoms with van der Waals surface area (Å²) in [5.74, 6) is 0. The van der Waals surface area contributed by atoms with E-state index in [2.05, 4.69) is 15.4 Å². The summed E-state index contributed by atoms with van der Waals surface area (Å²) in [5.41, 5.74) is 0.378. The lowest BCUT2D eigenvalue weighted by atomic mass is 10.2. The van der Waals surface area contributed by atoms with Crippen LogP contribution in [0.5, 0.6) is 0 Å². The molecule has 2 heterocycles. The van der Waals surface area contributed by atoms with E-state index in [1.807, 2.05) is 0 Å². The minimum atomic E-state index is -0.869. The smallest absolute Gasteiger partial charge is 0.408 e. The fraction of sp³-hybridized carbons (Fsp3) is 0.385. The third-order valence-electron chi connectivity index (χ3n) is 2.38. The molecule has 0 saturated heterocycles. The molecule has 0 radical (unpaired) electrons. The number of amides is 1. The Bertz CT molecular complexity index is 597. The number of ether oxygens (including phenoxy) is 1. The summed E-state index contributed by atoms with van der Waals surface area (Å²) in [6, 6.07) is 2.49. The summed E-state index contributed by atoms with van der Waals surface area (Å²) in [7, 11) is 0. The highest BCUT2D eigenvalue weighted by Crippen LogP contribution is 2.13. The summed E-state index contributed by atoms with van der Waals surface area (Å²) in [6.45, 7) is 5.24. The maximum Gasteiger partial charge on any atom is 0.408 e. The molecule has 0 aliphatic carbocycles. The number of alkyl carbamates (subject to hydrolysis) is 1. The predicted octanol–water partition coefficient (Wildman–Crippen LogP) is 1.49. The number of carbonyl (C=O) groups excluding carboxylic acids is 2. The van der Waals surface area contributed by atoms with Crippen LogP contribution in [0.2, 0.25) is 0 Å². The van der Waals surface area contributed by atoms with Crippen LogP contribution in [0.4, 0.5) is 4.79 Å². The van der Waals surface area contributed by atoms with Crippen LogP contribution in [0.15, 0.2) is 24.5 Å². The predicted molar refractivity (Wildman–Crippen MR) is 71.2 cm³/mol. The number of rotatable bonds is 3. The van der Waals surface area contributed by atoms with E-state index in [9.17, 15) is 9.59 Å². The Hall–Kier alpha value is -2.44. The molecule has 0 fully saturated rings. The molecule has 20 heavy (non-hydrogen) atoms. The van der Waals surface area contributed by atoms with Gasteiger partial charge in [0.25, 0.3) is 0 Å². The molecule has 2 aromatic heterocycles. The van der Waals surface area contributed by atoms with Crippen LogP contribution in [-0.4, -0.2) is 32.6 Å². The first-order valence-corrected chi connectivity index (χ1v) is 6.14. The first kappa shape index (κ1) is 14.0. The summed E-state index contributed by atoms with van der Waals surface area (Å²) < 4.78 is 6.64. The fourth-order valence-electron chi connectivity index (χ4n) is 1.61. The van der Waals surface area contributed by atoms with Gasteiger partial charge in [0.1, 0.15) is 17.9 Å². The molecular weight excluding hydrogens is 260 g/mol. The minimum absolute atomic E-state index is 0.407. The molecule has 1 N–H and O–H groups in total. The van der Waals surface area contributed by atoms with E-state index in [1.165, 1.54) is 4.52 Å². The fourth-order valence-corrected chi connectivity index (χ4v) is 1.61. The summed E-state index contributed by atoms with van der Waals surface area (Å²) in [5, 5.41) is 6.65. The highest BCUT2D eigenvalue weighted by Gasteiger charge is 2.22. The van der Waals surface area contributed by atoms with Crippen molar-refractivity contribution in [2.45, 2.75) is 32.4 Å². The number of carbonyl (C=O) groups is 2. The molecule has 0 spiro atoms. The quantitative estimate of drug-likeness (QED) is 0.858. The van der Waals surface area contributed by atoms with Crippen LogP contribution in [-0.2, 0) is 9.53 Å². The molecule has 0 aromatic carbocycles. The zero-order chi connectivity index (χ0) is 14.8.